The van der Waals surface area contributed by atoms with E-state index in [9.17, 15) is 0 Å². The lowest BCUT2D eigenvalue weighted by molar-refractivity contribution is 1.06. The van der Waals surface area contributed by atoms with E-state index in [4.69, 9.17) is 29.9 Å². The lowest BCUT2D eigenvalue weighted by Crippen LogP contribution is -2.04. The lowest BCUT2D eigenvalue weighted by Gasteiger charge is -2.17. The normalized spacial score (nSPS) is 11.5. The second kappa shape index (κ2) is 17.9. The van der Waals surface area contributed by atoms with Crippen molar-refractivity contribution in [2.75, 3.05) is 0 Å². The molecule has 0 saturated carbocycles. The van der Waals surface area contributed by atoms with Gasteiger partial charge in [0.15, 0.2) is 34.9 Å². The number of para-hydroxylation sites is 4. The number of rotatable bonds is 9. The molecular weight excluding hydrogens is 905 g/mol. The van der Waals surface area contributed by atoms with Crippen molar-refractivity contribution in [1.29, 1.82) is 0 Å². The number of hydrogen-bond donors (Lipinski definition) is 0. The molecule has 10 aromatic carbocycles. The maximum Gasteiger partial charge on any atom is 0.166 e. The summed E-state index contributed by atoms with van der Waals surface area (Å²) in [6.07, 6.45) is 0. The largest absolute Gasteiger partial charge is 0.309 e. The molecule has 0 aliphatic rings. The van der Waals surface area contributed by atoms with E-state index < -0.39 is 0 Å². The van der Waals surface area contributed by atoms with Crippen molar-refractivity contribution in [2.24, 2.45) is 0 Å². The van der Waals surface area contributed by atoms with E-state index in [2.05, 4.69) is 167 Å². The topological polar surface area (TPSA) is 87.2 Å². The Morgan fingerprint density at radius 1 is 0.230 bits per heavy atom. The van der Waals surface area contributed by atoms with Gasteiger partial charge in [0.2, 0.25) is 0 Å². The quantitative estimate of drug-likeness (QED) is 0.143. The fourth-order valence-electron chi connectivity index (χ4n) is 10.4. The van der Waals surface area contributed by atoms with E-state index in [1.807, 2.05) is 97.1 Å². The van der Waals surface area contributed by atoms with E-state index in [1.54, 1.807) is 0 Å². The van der Waals surface area contributed by atoms with Crippen molar-refractivity contribution in [3.05, 3.63) is 255 Å². The van der Waals surface area contributed by atoms with Gasteiger partial charge < -0.3 is 9.13 Å². The van der Waals surface area contributed by atoms with Crippen LogP contribution in [0.3, 0.4) is 0 Å². The van der Waals surface area contributed by atoms with Gasteiger partial charge in [-0.05, 0) is 60.2 Å². The summed E-state index contributed by atoms with van der Waals surface area (Å²) in [4.78, 5) is 31.1. The van der Waals surface area contributed by atoms with E-state index in [0.717, 1.165) is 88.7 Å². The zero-order valence-electron chi connectivity index (χ0n) is 39.8. The molecule has 0 radical (unpaired) electrons. The molecule has 4 aromatic heterocycles. The fourth-order valence-corrected chi connectivity index (χ4v) is 10.4. The summed E-state index contributed by atoms with van der Waals surface area (Å²) in [5, 5.41) is 4.51. The summed E-state index contributed by atoms with van der Waals surface area (Å²) >= 11 is 0. The third kappa shape index (κ3) is 7.40. The first-order chi connectivity index (χ1) is 36.7. The summed E-state index contributed by atoms with van der Waals surface area (Å²) < 4.78 is 4.74. The summed E-state index contributed by atoms with van der Waals surface area (Å²) in [5.41, 5.74) is 13.8. The Kier molecular flexibility index (Phi) is 10.3. The minimum absolute atomic E-state index is 0.556. The van der Waals surface area contributed by atoms with Gasteiger partial charge in [0.05, 0.1) is 27.8 Å². The predicted molar refractivity (Wildman–Crippen MR) is 300 cm³/mol. The third-order valence-electron chi connectivity index (χ3n) is 13.8. The van der Waals surface area contributed by atoms with Crippen LogP contribution in [0, 0.1) is 0 Å². The van der Waals surface area contributed by atoms with E-state index >= 15 is 0 Å². The molecule has 0 N–H and O–H groups in total. The van der Waals surface area contributed by atoms with Gasteiger partial charge in [-0.25, -0.2) is 29.9 Å². The SMILES string of the molecule is c1ccc(-c2nc(-c3ccccc3)nc(-c3ccc4c(c3)c3ccccc3n4-c3ccc(-c4cccc5c6ccccc6n(-c6ccccc6)c45)cc3-c3nc(-c4ccccc4)nc(-c4ccccc4)n3)n2)cc1. The Balaban J connectivity index is 1.03. The number of nitrogens with zero attached hydrogens (tertiary/aromatic N) is 8. The number of hydrogen-bond acceptors (Lipinski definition) is 6. The average Bonchev–Trinajstić information content (AvgIpc) is 4.04. The van der Waals surface area contributed by atoms with Crippen LogP contribution < -0.4 is 0 Å². The Labute approximate surface area is 426 Å². The standard InChI is InChI=1S/C66H42N8/c1-6-21-43(22-7-1)61-67-62(44-23-8-2-9-24-44)70-65(69-61)48-38-40-58-54(42-48)52-32-17-19-36-57(52)74(58)59-39-37-47(50-33-20-34-53-51-31-16-18-35-56(51)73(60(50)53)49-29-14-5-15-30-49)41-55(59)66-71-63(45-25-10-3-11-26-45)68-64(72-66)46-27-12-4-13-28-46/h1-42H. The predicted octanol–water partition coefficient (Wildman–Crippen LogP) is 15.9. The van der Waals surface area contributed by atoms with Crippen LogP contribution in [0.2, 0.25) is 0 Å². The first-order valence-corrected chi connectivity index (χ1v) is 24.7. The molecule has 14 aromatic rings. The van der Waals surface area contributed by atoms with Crippen molar-refractivity contribution in [3.8, 4) is 90.8 Å². The minimum atomic E-state index is 0.556. The molecule has 346 valence electrons. The second-order valence-electron chi connectivity index (χ2n) is 18.3. The van der Waals surface area contributed by atoms with Gasteiger partial charge in [-0.2, -0.15) is 0 Å². The molecule has 14 rings (SSSR count). The Hall–Kier alpha value is -10.2. The lowest BCUT2D eigenvalue weighted by atomic mass is 9.98. The highest BCUT2D eigenvalue weighted by Gasteiger charge is 2.23. The fraction of sp³-hybridized carbons (Fsp3) is 0. The van der Waals surface area contributed by atoms with Crippen molar-refractivity contribution in [3.63, 3.8) is 0 Å². The van der Waals surface area contributed by atoms with Gasteiger partial charge in [0.1, 0.15) is 0 Å². The van der Waals surface area contributed by atoms with Gasteiger partial charge in [0, 0.05) is 66.2 Å². The Morgan fingerprint density at radius 3 is 1.18 bits per heavy atom. The third-order valence-corrected chi connectivity index (χ3v) is 13.8. The second-order valence-corrected chi connectivity index (χ2v) is 18.3. The molecule has 8 nitrogen and oxygen atoms in total. The minimum Gasteiger partial charge on any atom is -0.309 e. The van der Waals surface area contributed by atoms with E-state index in [0.29, 0.717) is 34.9 Å². The average molecular weight is 947 g/mol. The van der Waals surface area contributed by atoms with Gasteiger partial charge in [-0.3, -0.25) is 0 Å². The molecule has 0 unspecified atom stereocenters. The number of aromatic nitrogens is 8. The van der Waals surface area contributed by atoms with Crippen LogP contribution in [0.25, 0.3) is 134 Å². The van der Waals surface area contributed by atoms with Crippen LogP contribution in [0.4, 0.5) is 0 Å². The summed E-state index contributed by atoms with van der Waals surface area (Å²) in [6, 6.07) is 88.3. The highest BCUT2D eigenvalue weighted by Crippen LogP contribution is 2.43. The molecule has 0 amide bonds. The van der Waals surface area contributed by atoms with Gasteiger partial charge in [0.25, 0.3) is 0 Å². The molecule has 0 aliphatic heterocycles. The highest BCUT2D eigenvalue weighted by molar-refractivity contribution is 6.14. The molecule has 0 aliphatic carbocycles. The molecule has 0 spiro atoms. The Morgan fingerprint density at radius 2 is 0.635 bits per heavy atom. The molecule has 0 fully saturated rings. The van der Waals surface area contributed by atoms with Crippen LogP contribution >= 0.6 is 0 Å². The molecule has 8 heteroatoms. The summed E-state index contributed by atoms with van der Waals surface area (Å²) in [5.74, 6) is 3.56. The van der Waals surface area contributed by atoms with E-state index in [1.165, 1.54) is 10.8 Å². The first-order valence-electron chi connectivity index (χ1n) is 24.7. The number of benzene rings is 10. The molecule has 0 atom stereocenters. The maximum absolute atomic E-state index is 5.38. The van der Waals surface area contributed by atoms with Crippen LogP contribution in [-0.4, -0.2) is 39.0 Å². The van der Waals surface area contributed by atoms with Crippen LogP contribution in [-0.2, 0) is 0 Å². The monoisotopic (exact) mass is 946 g/mol. The molecule has 74 heavy (non-hydrogen) atoms. The number of fused-ring (bicyclic) bond motifs is 6. The van der Waals surface area contributed by atoms with Crippen molar-refractivity contribution in [2.45, 2.75) is 0 Å². The van der Waals surface area contributed by atoms with Crippen LogP contribution in [0.5, 0.6) is 0 Å². The van der Waals surface area contributed by atoms with Crippen molar-refractivity contribution < 1.29 is 0 Å². The highest BCUT2D eigenvalue weighted by atomic mass is 15.1. The van der Waals surface area contributed by atoms with E-state index in [-0.39, 0.29) is 0 Å². The maximum atomic E-state index is 5.38. The summed E-state index contributed by atoms with van der Waals surface area (Å²) in [6.45, 7) is 0. The summed E-state index contributed by atoms with van der Waals surface area (Å²) in [7, 11) is 0. The molecule has 0 saturated heterocycles. The molecule has 0 bridgehead atoms. The zero-order chi connectivity index (χ0) is 49.0. The smallest absolute Gasteiger partial charge is 0.166 e. The van der Waals surface area contributed by atoms with Crippen molar-refractivity contribution in [1.82, 2.24) is 39.0 Å². The van der Waals surface area contributed by atoms with Crippen LogP contribution in [0.1, 0.15) is 0 Å². The zero-order valence-corrected chi connectivity index (χ0v) is 39.8. The Bertz CT molecular complexity index is 4290. The first kappa shape index (κ1) is 42.7. The van der Waals surface area contributed by atoms with Crippen molar-refractivity contribution >= 4 is 43.6 Å². The van der Waals surface area contributed by atoms with Gasteiger partial charge >= 0.3 is 0 Å². The molecule has 4 heterocycles. The van der Waals surface area contributed by atoms with Crippen LogP contribution in [0.15, 0.2) is 255 Å². The van der Waals surface area contributed by atoms with Gasteiger partial charge in [-0.1, -0.05) is 200 Å². The van der Waals surface area contributed by atoms with Gasteiger partial charge in [-0.15, -0.1) is 0 Å². The molecular formula is C66H42N8.